The Kier molecular flexibility index (Phi) is 3.64. The maximum atomic E-state index is 11.2. The molecule has 0 fully saturated rings. The SMILES string of the molecule is Cc1c(C(=O)O)oc2ccc(C(C)(C)CC(C)(C)C)cc12. The van der Waals surface area contributed by atoms with Gasteiger partial charge in [0, 0.05) is 10.9 Å². The van der Waals surface area contributed by atoms with E-state index < -0.39 is 5.97 Å². The molecule has 0 radical (unpaired) electrons. The first-order chi connectivity index (χ1) is 9.51. The van der Waals surface area contributed by atoms with Crippen molar-refractivity contribution in [2.75, 3.05) is 0 Å². The zero-order valence-corrected chi connectivity index (χ0v) is 13.7. The Labute approximate surface area is 126 Å². The zero-order valence-electron chi connectivity index (χ0n) is 13.7. The summed E-state index contributed by atoms with van der Waals surface area (Å²) in [4.78, 5) is 11.2. The number of aryl methyl sites for hydroxylation is 1. The number of carboxylic acids is 1. The van der Waals surface area contributed by atoms with Crippen molar-refractivity contribution in [3.8, 4) is 0 Å². The highest BCUT2D eigenvalue weighted by Gasteiger charge is 2.28. The molecule has 0 unspecified atom stereocenters. The average molecular weight is 288 g/mol. The number of carboxylic acid groups (broad SMARTS) is 1. The van der Waals surface area contributed by atoms with E-state index in [0.29, 0.717) is 11.1 Å². The fourth-order valence-electron chi connectivity index (χ4n) is 3.27. The third kappa shape index (κ3) is 3.12. The smallest absolute Gasteiger partial charge is 0.372 e. The third-order valence-electron chi connectivity index (χ3n) is 3.88. The number of hydrogen-bond acceptors (Lipinski definition) is 2. The van der Waals surface area contributed by atoms with Crippen LogP contribution in [0.2, 0.25) is 0 Å². The number of hydrogen-bond donors (Lipinski definition) is 1. The van der Waals surface area contributed by atoms with Crippen molar-refractivity contribution in [3.63, 3.8) is 0 Å². The van der Waals surface area contributed by atoms with Gasteiger partial charge in [-0.3, -0.25) is 0 Å². The molecule has 0 spiro atoms. The van der Waals surface area contributed by atoms with E-state index in [-0.39, 0.29) is 16.6 Å². The Balaban J connectivity index is 2.52. The molecule has 2 aromatic rings. The molecule has 3 heteroatoms. The lowest BCUT2D eigenvalue weighted by Gasteiger charge is -2.33. The van der Waals surface area contributed by atoms with E-state index in [9.17, 15) is 4.79 Å². The minimum atomic E-state index is -1.01. The highest BCUT2D eigenvalue weighted by Crippen LogP contribution is 2.38. The third-order valence-corrected chi connectivity index (χ3v) is 3.88. The summed E-state index contributed by atoms with van der Waals surface area (Å²) in [5.41, 5.74) is 2.81. The van der Waals surface area contributed by atoms with Crippen LogP contribution in [0.15, 0.2) is 22.6 Å². The highest BCUT2D eigenvalue weighted by atomic mass is 16.4. The fraction of sp³-hybridized carbons (Fsp3) is 0.500. The van der Waals surface area contributed by atoms with Gasteiger partial charge in [0.15, 0.2) is 0 Å². The average Bonchev–Trinajstić information content (AvgIpc) is 2.63. The van der Waals surface area contributed by atoms with Gasteiger partial charge in [-0.15, -0.1) is 0 Å². The molecule has 0 aliphatic rings. The summed E-state index contributed by atoms with van der Waals surface area (Å²) < 4.78 is 5.43. The predicted molar refractivity (Wildman–Crippen MR) is 85.0 cm³/mol. The second kappa shape index (κ2) is 4.90. The largest absolute Gasteiger partial charge is 0.475 e. The van der Waals surface area contributed by atoms with Crippen molar-refractivity contribution in [2.24, 2.45) is 5.41 Å². The number of benzene rings is 1. The van der Waals surface area contributed by atoms with Crippen LogP contribution in [0.3, 0.4) is 0 Å². The first-order valence-corrected chi connectivity index (χ1v) is 7.28. The van der Waals surface area contributed by atoms with Gasteiger partial charge in [0.1, 0.15) is 5.58 Å². The Hall–Kier alpha value is -1.77. The van der Waals surface area contributed by atoms with Crippen molar-refractivity contribution >= 4 is 16.9 Å². The van der Waals surface area contributed by atoms with Gasteiger partial charge in [-0.05, 0) is 41.9 Å². The van der Waals surface area contributed by atoms with Gasteiger partial charge in [-0.1, -0.05) is 40.7 Å². The van der Waals surface area contributed by atoms with Crippen LogP contribution in [0.4, 0.5) is 0 Å². The van der Waals surface area contributed by atoms with E-state index in [1.807, 2.05) is 12.1 Å². The Morgan fingerprint density at radius 3 is 2.33 bits per heavy atom. The van der Waals surface area contributed by atoms with Crippen LogP contribution in [0.5, 0.6) is 0 Å². The molecule has 2 rings (SSSR count). The van der Waals surface area contributed by atoms with Crippen LogP contribution in [-0.2, 0) is 5.41 Å². The summed E-state index contributed by atoms with van der Waals surface area (Å²) >= 11 is 0. The molecule has 0 atom stereocenters. The van der Waals surface area contributed by atoms with Gasteiger partial charge in [0.05, 0.1) is 0 Å². The second-order valence-corrected chi connectivity index (χ2v) is 7.69. The predicted octanol–water partition coefficient (Wildman–Crippen LogP) is 5.15. The van der Waals surface area contributed by atoms with Crippen LogP contribution >= 0.6 is 0 Å². The molecular weight excluding hydrogens is 264 g/mol. The van der Waals surface area contributed by atoms with Crippen LogP contribution < -0.4 is 0 Å². The molecule has 0 saturated carbocycles. The quantitative estimate of drug-likeness (QED) is 0.849. The second-order valence-electron chi connectivity index (χ2n) is 7.69. The fourth-order valence-corrected chi connectivity index (χ4v) is 3.27. The van der Waals surface area contributed by atoms with Crippen molar-refractivity contribution in [3.05, 3.63) is 35.1 Å². The van der Waals surface area contributed by atoms with Gasteiger partial charge in [0.25, 0.3) is 0 Å². The van der Waals surface area contributed by atoms with E-state index in [1.165, 1.54) is 5.56 Å². The summed E-state index contributed by atoms with van der Waals surface area (Å²) in [5, 5.41) is 10.1. The summed E-state index contributed by atoms with van der Waals surface area (Å²) in [5.74, 6) is -0.977. The number of fused-ring (bicyclic) bond motifs is 1. The Morgan fingerprint density at radius 1 is 1.19 bits per heavy atom. The molecule has 0 amide bonds. The standard InChI is InChI=1S/C18H24O3/c1-11-13-9-12(18(5,6)10-17(2,3)4)7-8-14(13)21-15(11)16(19)20/h7-9H,10H2,1-6H3,(H,19,20). The number of carbonyl (C=O) groups is 1. The number of furan rings is 1. The molecule has 0 aliphatic heterocycles. The molecule has 0 bridgehead atoms. The highest BCUT2D eigenvalue weighted by molar-refractivity contribution is 5.95. The lowest BCUT2D eigenvalue weighted by atomic mass is 9.72. The molecule has 1 heterocycles. The molecule has 21 heavy (non-hydrogen) atoms. The zero-order chi connectivity index (χ0) is 16.0. The minimum Gasteiger partial charge on any atom is -0.475 e. The molecule has 0 aliphatic carbocycles. The van der Waals surface area contributed by atoms with Crippen molar-refractivity contribution in [2.45, 2.75) is 53.4 Å². The van der Waals surface area contributed by atoms with E-state index in [1.54, 1.807) is 6.92 Å². The topological polar surface area (TPSA) is 50.4 Å². The van der Waals surface area contributed by atoms with E-state index in [2.05, 4.69) is 40.7 Å². The first-order valence-electron chi connectivity index (χ1n) is 7.28. The first kappa shape index (κ1) is 15.6. The van der Waals surface area contributed by atoms with Crippen LogP contribution in [0, 0.1) is 12.3 Å². The van der Waals surface area contributed by atoms with Crippen LogP contribution in [0.1, 0.15) is 62.7 Å². The van der Waals surface area contributed by atoms with Gasteiger partial charge in [-0.2, -0.15) is 0 Å². The summed E-state index contributed by atoms with van der Waals surface area (Å²) in [6, 6.07) is 6.00. The monoisotopic (exact) mass is 288 g/mol. The van der Waals surface area contributed by atoms with Crippen molar-refractivity contribution in [1.29, 1.82) is 0 Å². The number of rotatable bonds is 3. The lowest BCUT2D eigenvalue weighted by Crippen LogP contribution is -2.24. The maximum Gasteiger partial charge on any atom is 0.372 e. The molecular formula is C18H24O3. The van der Waals surface area contributed by atoms with Gasteiger partial charge in [-0.25, -0.2) is 4.79 Å². The summed E-state index contributed by atoms with van der Waals surface area (Å²) in [7, 11) is 0. The normalized spacial score (nSPS) is 12.9. The molecule has 3 nitrogen and oxygen atoms in total. The number of aromatic carboxylic acids is 1. The van der Waals surface area contributed by atoms with Crippen LogP contribution in [-0.4, -0.2) is 11.1 Å². The maximum absolute atomic E-state index is 11.2. The van der Waals surface area contributed by atoms with E-state index in [0.717, 1.165) is 11.8 Å². The molecule has 0 saturated heterocycles. The minimum absolute atomic E-state index is 0.0273. The van der Waals surface area contributed by atoms with Crippen LogP contribution in [0.25, 0.3) is 11.0 Å². The van der Waals surface area contributed by atoms with Gasteiger partial charge >= 0.3 is 5.97 Å². The lowest BCUT2D eigenvalue weighted by molar-refractivity contribution is 0.0664. The van der Waals surface area contributed by atoms with E-state index in [4.69, 9.17) is 9.52 Å². The molecule has 114 valence electrons. The summed E-state index contributed by atoms with van der Waals surface area (Å²) in [6.45, 7) is 13.0. The molecule has 1 aromatic carbocycles. The van der Waals surface area contributed by atoms with Gasteiger partial charge in [0.2, 0.25) is 5.76 Å². The molecule has 1 aromatic heterocycles. The van der Waals surface area contributed by atoms with Crippen molar-refractivity contribution < 1.29 is 14.3 Å². The molecule has 1 N–H and O–H groups in total. The summed E-state index contributed by atoms with van der Waals surface area (Å²) in [6.07, 6.45) is 1.05. The van der Waals surface area contributed by atoms with Crippen molar-refractivity contribution in [1.82, 2.24) is 0 Å². The van der Waals surface area contributed by atoms with Gasteiger partial charge < -0.3 is 9.52 Å². The van der Waals surface area contributed by atoms with E-state index >= 15 is 0 Å². The Bertz CT molecular complexity index is 684. The Morgan fingerprint density at radius 2 is 1.81 bits per heavy atom.